The van der Waals surface area contributed by atoms with Gasteiger partial charge < -0.3 is 10.6 Å². The first kappa shape index (κ1) is 12.7. The fourth-order valence-corrected chi connectivity index (χ4v) is 2.75. The van der Waals surface area contributed by atoms with Gasteiger partial charge in [-0.25, -0.2) is 0 Å². The lowest BCUT2D eigenvalue weighted by molar-refractivity contribution is -0.119. The number of amides is 1. The molecule has 1 saturated carbocycles. The van der Waals surface area contributed by atoms with Crippen molar-refractivity contribution in [3.05, 3.63) is 0 Å². The van der Waals surface area contributed by atoms with E-state index in [0.29, 0.717) is 18.0 Å². The summed E-state index contributed by atoms with van der Waals surface area (Å²) in [6.07, 6.45) is 3.44. The van der Waals surface area contributed by atoms with E-state index >= 15 is 0 Å². The third-order valence-corrected chi connectivity index (χ3v) is 4.05. The Hall–Kier alpha value is -0.710. The average molecular weight is 255 g/mol. The van der Waals surface area contributed by atoms with Crippen LogP contribution in [0.25, 0.3) is 0 Å². The second kappa shape index (κ2) is 5.76. The van der Waals surface area contributed by atoms with Gasteiger partial charge in [-0.3, -0.25) is 9.79 Å². The molecule has 1 aliphatic heterocycles. The predicted octanol–water partition coefficient (Wildman–Crippen LogP) is 1.37. The minimum Gasteiger partial charge on any atom is -0.362 e. The van der Waals surface area contributed by atoms with E-state index in [4.69, 9.17) is 0 Å². The Labute approximate surface area is 107 Å². The van der Waals surface area contributed by atoms with Crippen LogP contribution < -0.4 is 10.6 Å². The monoisotopic (exact) mass is 255 g/mol. The van der Waals surface area contributed by atoms with Crippen molar-refractivity contribution < 1.29 is 4.79 Å². The van der Waals surface area contributed by atoms with Crippen LogP contribution in [0, 0.1) is 5.92 Å². The van der Waals surface area contributed by atoms with Crippen molar-refractivity contribution in [2.45, 2.75) is 45.2 Å². The molecule has 5 heteroatoms. The fraction of sp³-hybridized carbons (Fsp3) is 0.833. The van der Waals surface area contributed by atoms with Gasteiger partial charge in [-0.2, -0.15) is 0 Å². The van der Waals surface area contributed by atoms with Crippen LogP contribution in [0.4, 0.5) is 0 Å². The number of carbonyl (C=O) groups is 1. The van der Waals surface area contributed by atoms with Gasteiger partial charge >= 0.3 is 0 Å². The van der Waals surface area contributed by atoms with Crippen molar-refractivity contribution in [1.82, 2.24) is 10.6 Å². The number of thioether (sulfide) groups is 1. The van der Waals surface area contributed by atoms with E-state index in [1.165, 1.54) is 6.42 Å². The molecule has 4 nitrogen and oxygen atoms in total. The molecule has 0 spiro atoms. The summed E-state index contributed by atoms with van der Waals surface area (Å²) in [6, 6.07) is 0.930. The summed E-state index contributed by atoms with van der Waals surface area (Å²) in [5, 5.41) is 7.29. The van der Waals surface area contributed by atoms with Crippen molar-refractivity contribution in [2.24, 2.45) is 10.9 Å². The molecule has 17 heavy (non-hydrogen) atoms. The maximum atomic E-state index is 11.5. The van der Waals surface area contributed by atoms with Gasteiger partial charge in [0.2, 0.25) is 5.91 Å². The molecule has 0 bridgehead atoms. The Bertz CT molecular complexity index is 313. The Balaban J connectivity index is 1.77. The van der Waals surface area contributed by atoms with Gasteiger partial charge in [0, 0.05) is 17.8 Å². The molecule has 1 amide bonds. The second-order valence-electron chi connectivity index (χ2n) is 5.10. The summed E-state index contributed by atoms with van der Waals surface area (Å²) in [5.41, 5.74) is 0. The third kappa shape index (κ3) is 4.22. The Kier molecular flexibility index (Phi) is 4.31. The van der Waals surface area contributed by atoms with Crippen LogP contribution in [-0.2, 0) is 4.79 Å². The topological polar surface area (TPSA) is 53.5 Å². The number of nitrogens with one attached hydrogen (secondary N) is 2. The van der Waals surface area contributed by atoms with Gasteiger partial charge in [0.1, 0.15) is 6.54 Å². The molecule has 1 atom stereocenters. The van der Waals surface area contributed by atoms with E-state index in [9.17, 15) is 4.79 Å². The van der Waals surface area contributed by atoms with Crippen molar-refractivity contribution >= 4 is 22.8 Å². The van der Waals surface area contributed by atoms with Crippen molar-refractivity contribution in [1.29, 1.82) is 0 Å². The highest BCUT2D eigenvalue weighted by Gasteiger charge is 2.23. The summed E-state index contributed by atoms with van der Waals surface area (Å²) < 4.78 is 0. The molecule has 96 valence electrons. The lowest BCUT2D eigenvalue weighted by atomic mass is 10.0. The number of aliphatic imine (C=N–C) groups is 1. The number of carbonyl (C=O) groups excluding carboxylic acids is 1. The normalized spacial score (nSPS) is 27.0. The first-order valence-electron chi connectivity index (χ1n) is 6.38. The molecule has 0 aromatic heterocycles. The van der Waals surface area contributed by atoms with Crippen LogP contribution in [0.1, 0.15) is 33.1 Å². The highest BCUT2D eigenvalue weighted by Crippen LogP contribution is 2.19. The summed E-state index contributed by atoms with van der Waals surface area (Å²) in [7, 11) is 0. The zero-order valence-electron chi connectivity index (χ0n) is 10.5. The SMILES string of the molecule is CC(C)C1CCSC(=NCC(=O)NC2CC2)N1. The highest BCUT2D eigenvalue weighted by molar-refractivity contribution is 8.13. The van der Waals surface area contributed by atoms with Crippen molar-refractivity contribution in [3.63, 3.8) is 0 Å². The van der Waals surface area contributed by atoms with E-state index in [1.807, 2.05) is 0 Å². The van der Waals surface area contributed by atoms with Crippen LogP contribution in [0.2, 0.25) is 0 Å². The molecular formula is C12H21N3OS. The van der Waals surface area contributed by atoms with Crippen LogP contribution in [0.5, 0.6) is 0 Å². The van der Waals surface area contributed by atoms with Gasteiger partial charge in [0.05, 0.1) is 0 Å². The van der Waals surface area contributed by atoms with Crippen LogP contribution in [0.3, 0.4) is 0 Å². The maximum absolute atomic E-state index is 11.5. The van der Waals surface area contributed by atoms with Crippen LogP contribution in [0.15, 0.2) is 4.99 Å². The lowest BCUT2D eigenvalue weighted by Gasteiger charge is -2.28. The smallest absolute Gasteiger partial charge is 0.241 e. The van der Waals surface area contributed by atoms with E-state index in [1.54, 1.807) is 11.8 Å². The summed E-state index contributed by atoms with van der Waals surface area (Å²) in [5.74, 6) is 1.76. The van der Waals surface area contributed by atoms with E-state index in [-0.39, 0.29) is 12.5 Å². The van der Waals surface area contributed by atoms with E-state index in [2.05, 4.69) is 29.5 Å². The largest absolute Gasteiger partial charge is 0.362 e. The van der Waals surface area contributed by atoms with Gasteiger partial charge in [0.25, 0.3) is 0 Å². The summed E-state index contributed by atoms with van der Waals surface area (Å²) >= 11 is 1.72. The van der Waals surface area contributed by atoms with Gasteiger partial charge in [-0.1, -0.05) is 25.6 Å². The van der Waals surface area contributed by atoms with Crippen molar-refractivity contribution in [3.8, 4) is 0 Å². The molecule has 1 heterocycles. The minimum absolute atomic E-state index is 0.0501. The number of hydrogen-bond acceptors (Lipinski definition) is 3. The number of hydrogen-bond donors (Lipinski definition) is 2. The zero-order chi connectivity index (χ0) is 12.3. The highest BCUT2D eigenvalue weighted by atomic mass is 32.2. The first-order chi connectivity index (χ1) is 8.15. The maximum Gasteiger partial charge on any atom is 0.241 e. The standard InChI is InChI=1S/C12H21N3OS/c1-8(2)10-5-6-17-12(15-10)13-7-11(16)14-9-3-4-9/h8-10H,3-7H2,1-2H3,(H,13,15)(H,14,16). The first-order valence-corrected chi connectivity index (χ1v) is 7.37. The van der Waals surface area contributed by atoms with Crippen LogP contribution >= 0.6 is 11.8 Å². The zero-order valence-corrected chi connectivity index (χ0v) is 11.3. The van der Waals surface area contributed by atoms with Crippen LogP contribution in [-0.4, -0.2) is 35.5 Å². The van der Waals surface area contributed by atoms with Gasteiger partial charge in [-0.05, 0) is 25.2 Å². The Morgan fingerprint density at radius 1 is 1.53 bits per heavy atom. The molecule has 2 rings (SSSR count). The molecule has 0 aromatic rings. The van der Waals surface area contributed by atoms with E-state index < -0.39 is 0 Å². The molecule has 0 radical (unpaired) electrons. The predicted molar refractivity (Wildman–Crippen MR) is 72.3 cm³/mol. The molecule has 1 aliphatic carbocycles. The average Bonchev–Trinajstić information content (AvgIpc) is 3.11. The molecule has 0 aromatic carbocycles. The fourth-order valence-electron chi connectivity index (χ4n) is 1.79. The minimum atomic E-state index is 0.0501. The Morgan fingerprint density at radius 2 is 2.29 bits per heavy atom. The quantitative estimate of drug-likeness (QED) is 0.798. The summed E-state index contributed by atoms with van der Waals surface area (Å²) in [4.78, 5) is 15.8. The van der Waals surface area contributed by atoms with E-state index in [0.717, 1.165) is 23.8 Å². The second-order valence-corrected chi connectivity index (χ2v) is 6.18. The Morgan fingerprint density at radius 3 is 2.94 bits per heavy atom. The lowest BCUT2D eigenvalue weighted by Crippen LogP contribution is -2.41. The third-order valence-electron chi connectivity index (χ3n) is 3.09. The molecule has 2 fully saturated rings. The van der Waals surface area contributed by atoms with Gasteiger partial charge in [-0.15, -0.1) is 0 Å². The molecule has 2 aliphatic rings. The molecule has 1 saturated heterocycles. The van der Waals surface area contributed by atoms with Crippen molar-refractivity contribution in [2.75, 3.05) is 12.3 Å². The molecule has 2 N–H and O–H groups in total. The molecular weight excluding hydrogens is 234 g/mol. The number of nitrogens with zero attached hydrogens (tertiary/aromatic N) is 1. The number of amidine groups is 1. The number of rotatable bonds is 4. The summed E-state index contributed by atoms with van der Waals surface area (Å²) in [6.45, 7) is 4.69. The molecule has 1 unspecified atom stereocenters. The van der Waals surface area contributed by atoms with Gasteiger partial charge in [0.15, 0.2) is 5.17 Å².